The Morgan fingerprint density at radius 2 is 1.92 bits per heavy atom. The molecule has 0 radical (unpaired) electrons. The topological polar surface area (TPSA) is 111 Å². The summed E-state index contributed by atoms with van der Waals surface area (Å²) in [7, 11) is 3.27. The first-order valence-corrected chi connectivity index (χ1v) is 8.73. The lowest BCUT2D eigenvalue weighted by Gasteiger charge is -2.34. The van der Waals surface area contributed by atoms with Crippen LogP contribution in [-0.4, -0.2) is 30.8 Å². The SMILES string of the molecule is Cn1c(C(NC(=O)OC(C)(C)C)C2CCC2)nc2c1c(=O)[nH]c(=O)n2C. The molecule has 1 atom stereocenters. The summed E-state index contributed by atoms with van der Waals surface area (Å²) < 4.78 is 8.32. The molecule has 1 aliphatic rings. The Hall–Kier alpha value is -2.58. The van der Waals surface area contributed by atoms with E-state index in [1.54, 1.807) is 39.4 Å². The van der Waals surface area contributed by atoms with E-state index in [1.807, 2.05) is 0 Å². The zero-order valence-electron chi connectivity index (χ0n) is 15.8. The van der Waals surface area contributed by atoms with Crippen molar-refractivity contribution in [1.29, 1.82) is 0 Å². The Morgan fingerprint density at radius 1 is 1.27 bits per heavy atom. The predicted octanol–water partition coefficient (Wildman–Crippen LogP) is 1.33. The average Bonchev–Trinajstić information content (AvgIpc) is 2.78. The van der Waals surface area contributed by atoms with Gasteiger partial charge in [0, 0.05) is 14.1 Å². The minimum Gasteiger partial charge on any atom is -0.444 e. The molecule has 2 aromatic heterocycles. The van der Waals surface area contributed by atoms with Crippen LogP contribution < -0.4 is 16.6 Å². The van der Waals surface area contributed by atoms with Gasteiger partial charge in [0.25, 0.3) is 5.56 Å². The van der Waals surface area contributed by atoms with Crippen molar-refractivity contribution >= 4 is 17.3 Å². The molecule has 26 heavy (non-hydrogen) atoms. The maximum atomic E-state index is 12.3. The zero-order chi connectivity index (χ0) is 19.2. The molecule has 9 heteroatoms. The molecule has 142 valence electrons. The molecule has 3 rings (SSSR count). The van der Waals surface area contributed by atoms with Crippen molar-refractivity contribution in [3.63, 3.8) is 0 Å². The van der Waals surface area contributed by atoms with Gasteiger partial charge in [0.1, 0.15) is 11.4 Å². The fourth-order valence-electron chi connectivity index (χ4n) is 3.20. The molecule has 0 aromatic carbocycles. The summed E-state index contributed by atoms with van der Waals surface area (Å²) in [5, 5.41) is 2.90. The van der Waals surface area contributed by atoms with Crippen LogP contribution in [0.5, 0.6) is 0 Å². The van der Waals surface area contributed by atoms with Crippen molar-refractivity contribution in [2.24, 2.45) is 20.0 Å². The highest BCUT2D eigenvalue weighted by molar-refractivity contribution is 5.72. The fraction of sp³-hybridized carbons (Fsp3) is 0.647. The van der Waals surface area contributed by atoms with Crippen molar-refractivity contribution < 1.29 is 9.53 Å². The molecular weight excluding hydrogens is 338 g/mol. The van der Waals surface area contributed by atoms with Crippen LogP contribution in [0.25, 0.3) is 11.2 Å². The summed E-state index contributed by atoms with van der Waals surface area (Å²) in [4.78, 5) is 43.2. The van der Waals surface area contributed by atoms with Gasteiger partial charge in [0.05, 0.1) is 6.04 Å². The predicted molar refractivity (Wildman–Crippen MR) is 96.0 cm³/mol. The van der Waals surface area contributed by atoms with Crippen LogP contribution in [0.4, 0.5) is 4.79 Å². The van der Waals surface area contributed by atoms with Gasteiger partial charge in [0.15, 0.2) is 11.2 Å². The summed E-state index contributed by atoms with van der Waals surface area (Å²) in [6, 6.07) is -0.384. The number of nitrogens with zero attached hydrogens (tertiary/aromatic N) is 3. The minimum atomic E-state index is -0.609. The summed E-state index contributed by atoms with van der Waals surface area (Å²) in [5.74, 6) is 0.761. The molecular formula is C17H25N5O4. The number of imidazole rings is 1. The highest BCUT2D eigenvalue weighted by atomic mass is 16.6. The second-order valence-corrected chi connectivity index (χ2v) is 7.83. The summed E-state index contributed by atoms with van der Waals surface area (Å²) in [6.45, 7) is 5.40. The maximum Gasteiger partial charge on any atom is 0.408 e. The molecule has 2 heterocycles. The standard InChI is InChI=1S/C17H25N5O4/c1-17(2,3)26-16(25)18-10(9-7-6-8-9)12-19-13-11(21(12)4)14(23)20-15(24)22(13)5/h9-10H,6-8H2,1-5H3,(H,18,25)(H,20,23,24). The van der Waals surface area contributed by atoms with Crippen LogP contribution in [0.1, 0.15) is 51.9 Å². The number of carbonyl (C=O) groups is 1. The van der Waals surface area contributed by atoms with Crippen LogP contribution in [0, 0.1) is 5.92 Å². The van der Waals surface area contributed by atoms with Gasteiger partial charge in [-0.2, -0.15) is 0 Å². The van der Waals surface area contributed by atoms with E-state index in [0.29, 0.717) is 17.0 Å². The molecule has 1 amide bonds. The van der Waals surface area contributed by atoms with Crippen molar-refractivity contribution in [2.45, 2.75) is 51.7 Å². The molecule has 1 fully saturated rings. The monoisotopic (exact) mass is 363 g/mol. The second kappa shape index (κ2) is 6.30. The molecule has 0 bridgehead atoms. The average molecular weight is 363 g/mol. The number of rotatable bonds is 3. The number of aromatic amines is 1. The number of nitrogens with one attached hydrogen (secondary N) is 2. The Morgan fingerprint density at radius 3 is 2.46 bits per heavy atom. The number of hydrogen-bond donors (Lipinski definition) is 2. The van der Waals surface area contributed by atoms with E-state index in [4.69, 9.17) is 4.74 Å². The number of hydrogen-bond acceptors (Lipinski definition) is 5. The van der Waals surface area contributed by atoms with Crippen molar-refractivity contribution in [3.8, 4) is 0 Å². The van der Waals surface area contributed by atoms with Gasteiger partial charge in [-0.25, -0.2) is 14.6 Å². The first kappa shape index (κ1) is 18.2. The molecule has 0 saturated heterocycles. The van der Waals surface area contributed by atoms with Crippen molar-refractivity contribution in [3.05, 3.63) is 26.7 Å². The van der Waals surface area contributed by atoms with Gasteiger partial charge >= 0.3 is 11.8 Å². The number of H-pyrrole nitrogens is 1. The molecule has 2 aromatic rings. The first-order chi connectivity index (χ1) is 12.1. The fourth-order valence-corrected chi connectivity index (χ4v) is 3.20. The Bertz CT molecular complexity index is 958. The van der Waals surface area contributed by atoms with E-state index in [2.05, 4.69) is 15.3 Å². The summed E-state index contributed by atoms with van der Waals surface area (Å²) in [5.41, 5.74) is -1.02. The number of ether oxygens (including phenoxy) is 1. The van der Waals surface area contributed by atoms with Gasteiger partial charge in [-0.05, 0) is 39.5 Å². The van der Waals surface area contributed by atoms with Crippen molar-refractivity contribution in [1.82, 2.24) is 24.4 Å². The number of amides is 1. The van der Waals surface area contributed by atoms with Gasteiger partial charge in [-0.15, -0.1) is 0 Å². The number of fused-ring (bicyclic) bond motifs is 1. The zero-order valence-corrected chi connectivity index (χ0v) is 15.8. The van der Waals surface area contributed by atoms with Crippen LogP contribution in [0.15, 0.2) is 9.59 Å². The molecule has 1 aliphatic carbocycles. The van der Waals surface area contributed by atoms with E-state index in [1.165, 1.54) is 4.57 Å². The van der Waals surface area contributed by atoms with E-state index in [-0.39, 0.29) is 12.0 Å². The number of alkyl carbamates (subject to hydrolysis) is 1. The van der Waals surface area contributed by atoms with Gasteiger partial charge in [0.2, 0.25) is 0 Å². The smallest absolute Gasteiger partial charge is 0.408 e. The Balaban J connectivity index is 2.05. The van der Waals surface area contributed by atoms with Crippen molar-refractivity contribution in [2.75, 3.05) is 0 Å². The minimum absolute atomic E-state index is 0.217. The number of aryl methyl sites for hydroxylation is 2. The van der Waals surface area contributed by atoms with Crippen LogP contribution in [0.3, 0.4) is 0 Å². The lowest BCUT2D eigenvalue weighted by atomic mass is 9.79. The lowest BCUT2D eigenvalue weighted by molar-refractivity contribution is 0.0458. The third-order valence-electron chi connectivity index (χ3n) is 4.74. The van der Waals surface area contributed by atoms with E-state index < -0.39 is 22.9 Å². The van der Waals surface area contributed by atoms with Gasteiger partial charge < -0.3 is 14.6 Å². The largest absolute Gasteiger partial charge is 0.444 e. The van der Waals surface area contributed by atoms with Crippen LogP contribution >= 0.6 is 0 Å². The molecule has 1 saturated carbocycles. The molecule has 0 aliphatic heterocycles. The third kappa shape index (κ3) is 3.25. The molecule has 2 N–H and O–H groups in total. The van der Waals surface area contributed by atoms with Gasteiger partial charge in [-0.3, -0.25) is 14.3 Å². The highest BCUT2D eigenvalue weighted by Crippen LogP contribution is 2.37. The number of carbonyl (C=O) groups excluding carboxylic acids is 1. The van der Waals surface area contributed by atoms with E-state index in [9.17, 15) is 14.4 Å². The lowest BCUT2D eigenvalue weighted by Crippen LogP contribution is -2.40. The second-order valence-electron chi connectivity index (χ2n) is 7.83. The Kier molecular flexibility index (Phi) is 4.41. The third-order valence-corrected chi connectivity index (χ3v) is 4.74. The van der Waals surface area contributed by atoms with Crippen LogP contribution in [-0.2, 0) is 18.8 Å². The number of aromatic nitrogens is 4. The van der Waals surface area contributed by atoms with E-state index >= 15 is 0 Å². The highest BCUT2D eigenvalue weighted by Gasteiger charge is 2.35. The van der Waals surface area contributed by atoms with Gasteiger partial charge in [-0.1, -0.05) is 6.42 Å². The summed E-state index contributed by atoms with van der Waals surface area (Å²) >= 11 is 0. The normalized spacial score (nSPS) is 16.3. The molecule has 1 unspecified atom stereocenters. The van der Waals surface area contributed by atoms with Crippen LogP contribution in [0.2, 0.25) is 0 Å². The molecule has 9 nitrogen and oxygen atoms in total. The van der Waals surface area contributed by atoms with E-state index in [0.717, 1.165) is 19.3 Å². The molecule has 0 spiro atoms. The quantitative estimate of drug-likeness (QED) is 0.854. The maximum absolute atomic E-state index is 12.3. The Labute approximate surface area is 150 Å². The summed E-state index contributed by atoms with van der Waals surface area (Å²) in [6.07, 6.45) is 2.47. The first-order valence-electron chi connectivity index (χ1n) is 8.73.